The predicted octanol–water partition coefficient (Wildman–Crippen LogP) is 5.79. The molecule has 2 heteroatoms. The minimum Gasteiger partial charge on any atom is -0.472 e. The van der Waals surface area contributed by atoms with Gasteiger partial charge in [-0.15, -0.1) is 0 Å². The van der Waals surface area contributed by atoms with Crippen LogP contribution in [0.25, 0.3) is 0 Å². The van der Waals surface area contributed by atoms with Crippen molar-refractivity contribution in [1.29, 1.82) is 0 Å². The largest absolute Gasteiger partial charge is 0.472 e. The highest BCUT2D eigenvalue weighted by atomic mass is 31.1. The van der Waals surface area contributed by atoms with Crippen LogP contribution in [-0.4, -0.2) is 0 Å². The van der Waals surface area contributed by atoms with Gasteiger partial charge in [-0.1, -0.05) is 76.6 Å². The van der Waals surface area contributed by atoms with Crippen molar-refractivity contribution >= 4 is 14.1 Å². The molecule has 1 atom stereocenters. The molecule has 0 saturated heterocycles. The van der Waals surface area contributed by atoms with Crippen LogP contribution in [0.4, 0.5) is 0 Å². The molecular formula is C21H29OP. The Morgan fingerprint density at radius 1 is 1.00 bits per heavy atom. The lowest BCUT2D eigenvalue weighted by molar-refractivity contribution is 0.541. The van der Waals surface area contributed by atoms with Gasteiger partial charge in [0.1, 0.15) is 14.6 Å². The van der Waals surface area contributed by atoms with Gasteiger partial charge in [0.15, 0.2) is 0 Å². The molecule has 2 aromatic rings. The van der Waals surface area contributed by atoms with Gasteiger partial charge in [0.05, 0.1) is 0 Å². The summed E-state index contributed by atoms with van der Waals surface area (Å²) < 4.78 is 6.18. The van der Waals surface area contributed by atoms with Crippen molar-refractivity contribution in [2.75, 3.05) is 0 Å². The molecule has 2 aromatic carbocycles. The Balaban J connectivity index is 2.21. The summed E-state index contributed by atoms with van der Waals surface area (Å²) in [6, 6.07) is 15.3. The highest BCUT2D eigenvalue weighted by Gasteiger charge is 2.20. The van der Waals surface area contributed by atoms with E-state index in [9.17, 15) is 0 Å². The minimum absolute atomic E-state index is 0.0834. The Hall–Kier alpha value is -1.33. The van der Waals surface area contributed by atoms with Gasteiger partial charge in [-0.2, -0.15) is 0 Å². The maximum absolute atomic E-state index is 6.18. The normalized spacial score (nSPS) is 12.3. The van der Waals surface area contributed by atoms with Crippen molar-refractivity contribution in [1.82, 2.24) is 0 Å². The summed E-state index contributed by atoms with van der Waals surface area (Å²) in [5.74, 6) is 1.69. The first-order chi connectivity index (χ1) is 10.8. The zero-order valence-corrected chi connectivity index (χ0v) is 16.2. The number of aryl methyl sites for hydroxylation is 1. The van der Waals surface area contributed by atoms with E-state index in [0.29, 0.717) is 14.7 Å². The summed E-state index contributed by atoms with van der Waals surface area (Å²) in [6.07, 6.45) is 1.11. The molecule has 0 spiro atoms. The third kappa shape index (κ3) is 5.36. The summed E-state index contributed by atoms with van der Waals surface area (Å²) in [7, 11) is 0.347. The topological polar surface area (TPSA) is 9.23 Å². The van der Waals surface area contributed by atoms with Crippen LogP contribution in [-0.2, 0) is 11.8 Å². The van der Waals surface area contributed by atoms with E-state index in [4.69, 9.17) is 4.52 Å². The molecule has 0 amide bonds. The molecule has 1 unspecified atom stereocenters. The lowest BCUT2D eigenvalue weighted by atomic mass is 9.84. The van der Waals surface area contributed by atoms with Gasteiger partial charge >= 0.3 is 0 Å². The second-order valence-corrected chi connectivity index (χ2v) is 8.73. The highest BCUT2D eigenvalue weighted by Crippen LogP contribution is 2.35. The first-order valence-electron chi connectivity index (χ1n) is 8.38. The summed E-state index contributed by atoms with van der Waals surface area (Å²) in [4.78, 5) is 0. The van der Waals surface area contributed by atoms with Crippen LogP contribution < -0.4 is 9.83 Å². The lowest BCUT2D eigenvalue weighted by Crippen LogP contribution is -2.13. The van der Waals surface area contributed by atoms with Crippen LogP contribution in [0.1, 0.15) is 51.3 Å². The molecule has 0 radical (unpaired) electrons. The third-order valence-electron chi connectivity index (χ3n) is 3.83. The molecule has 0 aliphatic rings. The Bertz CT molecular complexity index is 636. The van der Waals surface area contributed by atoms with Gasteiger partial charge in [0, 0.05) is 10.9 Å². The van der Waals surface area contributed by atoms with Gasteiger partial charge < -0.3 is 4.52 Å². The van der Waals surface area contributed by atoms with Gasteiger partial charge in [0.25, 0.3) is 0 Å². The van der Waals surface area contributed by atoms with E-state index >= 15 is 0 Å². The number of benzene rings is 2. The molecule has 0 heterocycles. The quantitative estimate of drug-likeness (QED) is 0.631. The van der Waals surface area contributed by atoms with Crippen molar-refractivity contribution in [2.45, 2.75) is 53.4 Å². The summed E-state index contributed by atoms with van der Waals surface area (Å²) in [5.41, 5.74) is 4.07. The molecule has 0 N–H and O–H groups in total. The Morgan fingerprint density at radius 2 is 1.65 bits per heavy atom. The molecular weight excluding hydrogens is 299 g/mol. The van der Waals surface area contributed by atoms with Gasteiger partial charge in [-0.25, -0.2) is 0 Å². The molecule has 2 rings (SSSR count). The predicted molar refractivity (Wildman–Crippen MR) is 103 cm³/mol. The van der Waals surface area contributed by atoms with Crippen LogP contribution in [0.5, 0.6) is 5.75 Å². The monoisotopic (exact) mass is 328 g/mol. The molecule has 0 aliphatic carbocycles. The van der Waals surface area contributed by atoms with E-state index in [1.165, 1.54) is 22.0 Å². The Morgan fingerprint density at radius 3 is 2.22 bits per heavy atom. The number of hydrogen-bond donors (Lipinski definition) is 0. The Labute approximate surface area is 143 Å². The molecule has 0 aliphatic heterocycles. The Kier molecular flexibility index (Phi) is 5.87. The van der Waals surface area contributed by atoms with E-state index < -0.39 is 0 Å². The standard InChI is InChI=1S/C21H29OP/c1-15(2)13-17-9-12-20(19(14-17)21(4,5)6)22-23-18-10-7-16(3)8-11-18/h7-12,14-15,23H,13H2,1-6H3. The fraction of sp³-hybridized carbons (Fsp3) is 0.429. The average molecular weight is 328 g/mol. The van der Waals surface area contributed by atoms with E-state index in [0.717, 1.165) is 12.2 Å². The van der Waals surface area contributed by atoms with E-state index in [1.807, 2.05) is 0 Å². The summed E-state index contributed by atoms with van der Waals surface area (Å²) >= 11 is 0. The number of rotatable bonds is 5. The molecule has 0 saturated carbocycles. The molecule has 23 heavy (non-hydrogen) atoms. The number of hydrogen-bond acceptors (Lipinski definition) is 1. The van der Waals surface area contributed by atoms with Gasteiger partial charge in [0.2, 0.25) is 0 Å². The maximum atomic E-state index is 6.18. The second kappa shape index (κ2) is 7.49. The SMILES string of the molecule is Cc1ccc(POc2ccc(CC(C)C)cc2C(C)(C)C)cc1. The van der Waals surface area contributed by atoms with Crippen LogP contribution in [0.3, 0.4) is 0 Å². The molecule has 1 nitrogen and oxygen atoms in total. The zero-order chi connectivity index (χ0) is 17.0. The minimum atomic E-state index is 0.0834. The summed E-state index contributed by atoms with van der Waals surface area (Å²) in [5, 5.41) is 1.24. The fourth-order valence-electron chi connectivity index (χ4n) is 2.59. The van der Waals surface area contributed by atoms with Crippen molar-refractivity contribution in [2.24, 2.45) is 5.92 Å². The molecule has 0 fully saturated rings. The van der Waals surface area contributed by atoms with Gasteiger partial charge in [-0.05, 0) is 36.3 Å². The van der Waals surface area contributed by atoms with Gasteiger partial charge in [-0.3, -0.25) is 0 Å². The van der Waals surface area contributed by atoms with E-state index in [2.05, 4.69) is 84.0 Å². The fourth-order valence-corrected chi connectivity index (χ4v) is 3.29. The van der Waals surface area contributed by atoms with Crippen molar-refractivity contribution < 1.29 is 4.52 Å². The summed E-state index contributed by atoms with van der Waals surface area (Å²) in [6.45, 7) is 13.4. The molecule has 0 bridgehead atoms. The van der Waals surface area contributed by atoms with Crippen LogP contribution in [0.2, 0.25) is 0 Å². The zero-order valence-electron chi connectivity index (χ0n) is 15.2. The highest BCUT2D eigenvalue weighted by molar-refractivity contribution is 7.42. The first kappa shape index (κ1) is 18.0. The maximum Gasteiger partial charge on any atom is 0.127 e. The van der Waals surface area contributed by atoms with E-state index in [-0.39, 0.29) is 5.41 Å². The van der Waals surface area contributed by atoms with Crippen molar-refractivity contribution in [3.05, 3.63) is 59.2 Å². The average Bonchev–Trinajstić information content (AvgIpc) is 2.46. The lowest BCUT2D eigenvalue weighted by Gasteiger charge is -2.24. The first-order valence-corrected chi connectivity index (χ1v) is 9.29. The second-order valence-electron chi connectivity index (χ2n) is 7.75. The van der Waals surface area contributed by atoms with Crippen molar-refractivity contribution in [3.63, 3.8) is 0 Å². The van der Waals surface area contributed by atoms with Crippen LogP contribution >= 0.6 is 8.81 Å². The van der Waals surface area contributed by atoms with Crippen molar-refractivity contribution in [3.8, 4) is 5.75 Å². The van der Waals surface area contributed by atoms with E-state index in [1.54, 1.807) is 0 Å². The third-order valence-corrected chi connectivity index (χ3v) is 4.72. The van der Waals surface area contributed by atoms with Crippen LogP contribution in [0, 0.1) is 12.8 Å². The molecule has 124 valence electrons. The smallest absolute Gasteiger partial charge is 0.127 e. The van der Waals surface area contributed by atoms with Crippen LogP contribution in [0.15, 0.2) is 42.5 Å². The molecule has 0 aromatic heterocycles.